The molecule has 0 atom stereocenters. The Morgan fingerprint density at radius 3 is 2.53 bits per heavy atom. The molecule has 10 nitrogen and oxygen atoms in total. The van der Waals surface area contributed by atoms with E-state index >= 15 is 4.39 Å². The van der Waals surface area contributed by atoms with Gasteiger partial charge in [-0.25, -0.2) is 13.8 Å². The number of nitrogens with zero attached hydrogens (tertiary/aromatic N) is 5. The molecule has 0 saturated carbocycles. The van der Waals surface area contributed by atoms with Crippen LogP contribution in [0.4, 0.5) is 20.2 Å². The largest absolute Gasteiger partial charge is 0.384 e. The lowest BCUT2D eigenvalue weighted by molar-refractivity contribution is -0.123. The van der Waals surface area contributed by atoms with Gasteiger partial charge in [0.1, 0.15) is 22.5 Å². The molecular weight excluding hydrogens is 576 g/mol. The topological polar surface area (TPSA) is 128 Å². The Morgan fingerprint density at radius 2 is 1.76 bits per heavy atom. The number of pyridine rings is 2. The fraction of sp³-hybridized carbons (Fsp3) is 0.242. The quantitative estimate of drug-likeness (QED) is 0.156. The minimum atomic E-state index is -0.589. The predicted molar refractivity (Wildman–Crippen MR) is 173 cm³/mol. The first kappa shape index (κ1) is 29.8. The van der Waals surface area contributed by atoms with Crippen LogP contribution >= 0.6 is 0 Å². The minimum absolute atomic E-state index is 0.149. The maximum absolute atomic E-state index is 15.4. The third-order valence-electron chi connectivity index (χ3n) is 7.32. The van der Waals surface area contributed by atoms with Gasteiger partial charge < -0.3 is 20.5 Å². The van der Waals surface area contributed by atoms with Gasteiger partial charge in [-0.2, -0.15) is 5.10 Å². The van der Waals surface area contributed by atoms with Crippen LogP contribution in [0.5, 0.6) is 0 Å². The number of H-pyrrole nitrogens is 2. The van der Waals surface area contributed by atoms with E-state index in [2.05, 4.69) is 35.8 Å². The number of hydrogen-bond acceptors (Lipinski definition) is 7. The van der Waals surface area contributed by atoms with Crippen molar-refractivity contribution in [1.82, 2.24) is 35.0 Å². The summed E-state index contributed by atoms with van der Waals surface area (Å²) in [5.41, 5.74) is 4.62. The lowest BCUT2D eigenvalue weighted by Gasteiger charge is -2.17. The molecule has 12 heteroatoms. The number of carbonyl (C=O) groups excluding carboxylic acids is 1. The second kappa shape index (κ2) is 11.7. The number of likely N-dealkylation sites (N-methyl/N-ethyl adjacent to an activating group) is 1. The summed E-state index contributed by atoms with van der Waals surface area (Å²) in [4.78, 5) is 31.4. The van der Waals surface area contributed by atoms with Crippen molar-refractivity contribution in [2.45, 2.75) is 20.8 Å². The molecule has 0 bridgehead atoms. The van der Waals surface area contributed by atoms with Crippen molar-refractivity contribution in [1.29, 1.82) is 0 Å². The van der Waals surface area contributed by atoms with Gasteiger partial charge in [0.25, 0.3) is 0 Å². The van der Waals surface area contributed by atoms with Gasteiger partial charge in [0.2, 0.25) is 5.91 Å². The number of hydrogen-bond donors (Lipinski definition) is 4. The first-order valence-electron chi connectivity index (χ1n) is 14.5. The van der Waals surface area contributed by atoms with Gasteiger partial charge in [-0.15, -0.1) is 0 Å². The van der Waals surface area contributed by atoms with Crippen LogP contribution in [0, 0.1) is 17.0 Å². The molecule has 0 fully saturated rings. The molecule has 0 aliphatic carbocycles. The Bertz CT molecular complexity index is 2040. The highest BCUT2D eigenvalue weighted by molar-refractivity contribution is 5.98. The lowest BCUT2D eigenvalue weighted by atomic mass is 9.95. The molecule has 0 aliphatic rings. The van der Waals surface area contributed by atoms with Gasteiger partial charge in [-0.05, 0) is 62.1 Å². The third kappa shape index (κ3) is 6.22. The lowest BCUT2D eigenvalue weighted by Crippen LogP contribution is -2.27. The SMILES string of the molecule is CN(C)CCNc1cc(F)cc(-c2nccc3[nH]c(-c4[nH]nc5c(F)cc(-c6cncc(NC(=O)C(C)(C)C)c6)cc45)nc23)c1. The van der Waals surface area contributed by atoms with Crippen LogP contribution in [-0.4, -0.2) is 68.1 Å². The van der Waals surface area contributed by atoms with Gasteiger partial charge in [-0.3, -0.25) is 19.9 Å². The molecule has 0 radical (unpaired) electrons. The zero-order chi connectivity index (χ0) is 31.9. The van der Waals surface area contributed by atoms with Crippen LogP contribution in [0.2, 0.25) is 0 Å². The highest BCUT2D eigenvalue weighted by Crippen LogP contribution is 2.35. The molecule has 230 valence electrons. The van der Waals surface area contributed by atoms with Gasteiger partial charge in [0, 0.05) is 53.1 Å². The van der Waals surface area contributed by atoms with Crippen molar-refractivity contribution in [3.8, 4) is 33.9 Å². The molecule has 6 rings (SSSR count). The van der Waals surface area contributed by atoms with E-state index < -0.39 is 17.0 Å². The summed E-state index contributed by atoms with van der Waals surface area (Å²) in [5, 5.41) is 13.8. The fourth-order valence-electron chi connectivity index (χ4n) is 4.92. The fourth-order valence-corrected chi connectivity index (χ4v) is 4.92. The van der Waals surface area contributed by atoms with Gasteiger partial charge >= 0.3 is 0 Å². The molecule has 0 aliphatic heterocycles. The number of carbonyl (C=O) groups is 1. The Hall–Kier alpha value is -5.23. The van der Waals surface area contributed by atoms with Crippen LogP contribution in [0.3, 0.4) is 0 Å². The molecule has 45 heavy (non-hydrogen) atoms. The van der Waals surface area contributed by atoms with Crippen LogP contribution in [-0.2, 0) is 4.79 Å². The molecule has 4 N–H and O–H groups in total. The Labute approximate surface area is 258 Å². The number of halogens is 2. The second-order valence-electron chi connectivity index (χ2n) is 12.2. The number of fused-ring (bicyclic) bond motifs is 2. The average molecular weight is 610 g/mol. The number of imidazole rings is 1. The summed E-state index contributed by atoms with van der Waals surface area (Å²) >= 11 is 0. The zero-order valence-corrected chi connectivity index (χ0v) is 25.6. The summed E-state index contributed by atoms with van der Waals surface area (Å²) in [6, 6.07) is 11.4. The first-order valence-corrected chi connectivity index (χ1v) is 14.5. The predicted octanol–water partition coefficient (Wildman–Crippen LogP) is 6.47. The number of rotatable bonds is 8. The van der Waals surface area contributed by atoms with Crippen molar-refractivity contribution >= 4 is 39.2 Å². The van der Waals surface area contributed by atoms with Gasteiger partial charge in [0.15, 0.2) is 11.6 Å². The summed E-state index contributed by atoms with van der Waals surface area (Å²) in [7, 11) is 3.95. The molecule has 0 unspecified atom stereocenters. The molecule has 6 aromatic rings. The Kier molecular flexibility index (Phi) is 7.75. The van der Waals surface area contributed by atoms with Crippen molar-refractivity contribution in [2.24, 2.45) is 5.41 Å². The molecule has 4 aromatic heterocycles. The average Bonchev–Trinajstić information content (AvgIpc) is 3.61. The van der Waals surface area contributed by atoms with E-state index in [-0.39, 0.29) is 11.4 Å². The van der Waals surface area contributed by atoms with Gasteiger partial charge in [-0.1, -0.05) is 20.8 Å². The number of anilines is 2. The summed E-state index contributed by atoms with van der Waals surface area (Å²) in [6.45, 7) is 6.90. The molecular formula is C33H33F2N9O. The summed E-state index contributed by atoms with van der Waals surface area (Å²) in [6.07, 6.45) is 4.78. The Balaban J connectivity index is 1.38. The maximum Gasteiger partial charge on any atom is 0.229 e. The standard InChI is InChI=1S/C33H33F2N9O/c1-33(2,3)32(45)39-23-12-20(16-36-17-23)18-13-24-28(25(35)14-18)42-43-29(24)31-40-26-6-7-38-27(30(26)41-31)19-10-21(34)15-22(11-19)37-8-9-44(4)5/h6-7,10-17,37H,8-9H2,1-5H3,(H,39,45)(H,40,41)(H,42,43). The van der Waals surface area contributed by atoms with E-state index in [4.69, 9.17) is 4.98 Å². The van der Waals surface area contributed by atoms with Crippen molar-refractivity contribution in [3.63, 3.8) is 0 Å². The van der Waals surface area contributed by atoms with Crippen LogP contribution in [0.15, 0.2) is 61.1 Å². The third-order valence-corrected chi connectivity index (χ3v) is 7.32. The van der Waals surface area contributed by atoms with E-state index in [1.165, 1.54) is 18.2 Å². The van der Waals surface area contributed by atoms with Gasteiger partial charge in [0.05, 0.1) is 23.1 Å². The molecule has 4 heterocycles. The summed E-state index contributed by atoms with van der Waals surface area (Å²) < 4.78 is 30.0. The number of aromatic nitrogens is 6. The van der Waals surface area contributed by atoms with E-state index in [0.717, 1.165) is 6.54 Å². The molecule has 2 aromatic carbocycles. The van der Waals surface area contributed by atoms with E-state index in [0.29, 0.717) is 68.2 Å². The summed E-state index contributed by atoms with van der Waals surface area (Å²) in [5.74, 6) is -0.660. The van der Waals surface area contributed by atoms with Crippen molar-refractivity contribution in [2.75, 3.05) is 37.8 Å². The number of amides is 1. The molecule has 0 spiro atoms. The molecule has 0 saturated heterocycles. The van der Waals surface area contributed by atoms with E-state index in [9.17, 15) is 9.18 Å². The zero-order valence-electron chi connectivity index (χ0n) is 25.6. The monoisotopic (exact) mass is 609 g/mol. The van der Waals surface area contributed by atoms with Crippen LogP contribution in [0.25, 0.3) is 55.8 Å². The van der Waals surface area contributed by atoms with E-state index in [1.54, 1.807) is 36.8 Å². The highest BCUT2D eigenvalue weighted by Gasteiger charge is 2.22. The molecule has 1 amide bonds. The highest BCUT2D eigenvalue weighted by atomic mass is 19.1. The van der Waals surface area contributed by atoms with Crippen LogP contribution < -0.4 is 10.6 Å². The smallest absolute Gasteiger partial charge is 0.229 e. The second-order valence-corrected chi connectivity index (χ2v) is 12.2. The van der Waals surface area contributed by atoms with Crippen LogP contribution in [0.1, 0.15) is 20.8 Å². The van der Waals surface area contributed by atoms with E-state index in [1.807, 2.05) is 45.8 Å². The number of nitrogens with one attached hydrogen (secondary N) is 4. The van der Waals surface area contributed by atoms with Crippen molar-refractivity contribution in [3.05, 3.63) is 72.7 Å². The normalized spacial score (nSPS) is 11.9. The number of aromatic amines is 2. The Morgan fingerprint density at radius 1 is 0.956 bits per heavy atom. The maximum atomic E-state index is 15.4. The van der Waals surface area contributed by atoms with Crippen molar-refractivity contribution < 1.29 is 13.6 Å². The number of benzene rings is 2. The first-order chi connectivity index (χ1) is 21.5. The minimum Gasteiger partial charge on any atom is -0.384 e.